The first-order chi connectivity index (χ1) is 17.8. The first-order valence-electron chi connectivity index (χ1n) is 12.0. The number of rotatable bonds is 8. The van der Waals surface area contributed by atoms with E-state index >= 15 is 0 Å². The van der Waals surface area contributed by atoms with Gasteiger partial charge in [-0.2, -0.15) is 10.2 Å². The molecule has 0 bridgehead atoms. The van der Waals surface area contributed by atoms with Crippen molar-refractivity contribution in [2.75, 3.05) is 24.6 Å². The van der Waals surface area contributed by atoms with Gasteiger partial charge in [-0.25, -0.2) is 0 Å². The lowest BCUT2D eigenvalue weighted by Crippen LogP contribution is -2.17. The Hall–Kier alpha value is -4.58. The molecule has 6 nitrogen and oxygen atoms in total. The van der Waals surface area contributed by atoms with Crippen LogP contribution < -0.4 is 20.3 Å². The summed E-state index contributed by atoms with van der Waals surface area (Å²) in [6, 6.07) is 34.1. The van der Waals surface area contributed by atoms with Crippen molar-refractivity contribution in [3.63, 3.8) is 0 Å². The van der Waals surface area contributed by atoms with Crippen LogP contribution in [0.25, 0.3) is 0 Å². The zero-order valence-electron chi connectivity index (χ0n) is 20.3. The van der Waals surface area contributed by atoms with Crippen molar-refractivity contribution >= 4 is 22.8 Å². The van der Waals surface area contributed by atoms with E-state index in [-0.39, 0.29) is 5.92 Å². The summed E-state index contributed by atoms with van der Waals surface area (Å²) in [5.41, 5.74) is 13.2. The molecule has 1 aliphatic rings. The van der Waals surface area contributed by atoms with E-state index in [1.54, 1.807) is 7.11 Å². The first kappa shape index (κ1) is 23.2. The van der Waals surface area contributed by atoms with Crippen molar-refractivity contribution in [1.82, 2.24) is 0 Å². The fourth-order valence-electron chi connectivity index (χ4n) is 4.35. The molecule has 180 valence electrons. The predicted octanol–water partition coefficient (Wildman–Crippen LogP) is 6.52. The first-order valence-corrected chi connectivity index (χ1v) is 12.0. The Morgan fingerprint density at radius 2 is 1.19 bits per heavy atom. The Kier molecular flexibility index (Phi) is 6.94. The van der Waals surface area contributed by atoms with Gasteiger partial charge in [0, 0.05) is 11.1 Å². The van der Waals surface area contributed by atoms with Crippen LogP contribution in [-0.2, 0) is 0 Å². The van der Waals surface area contributed by atoms with Crippen LogP contribution in [0.2, 0.25) is 0 Å². The molecule has 1 aliphatic carbocycles. The maximum Gasteiger partial charge on any atom is 0.161 e. The Morgan fingerprint density at radius 3 is 1.69 bits per heavy atom. The average molecular weight is 477 g/mol. The van der Waals surface area contributed by atoms with Gasteiger partial charge in [0.25, 0.3) is 0 Å². The smallest absolute Gasteiger partial charge is 0.161 e. The molecular weight excluding hydrogens is 448 g/mol. The fraction of sp³-hybridized carbons (Fsp3) is 0.133. The van der Waals surface area contributed by atoms with Crippen molar-refractivity contribution in [2.45, 2.75) is 12.8 Å². The van der Waals surface area contributed by atoms with Crippen LogP contribution in [0.4, 0.5) is 11.4 Å². The number of nitrogens with one attached hydrogen (secondary N) is 2. The highest BCUT2D eigenvalue weighted by Gasteiger charge is 2.37. The highest BCUT2D eigenvalue weighted by Crippen LogP contribution is 2.39. The Labute approximate surface area is 211 Å². The molecule has 0 spiro atoms. The summed E-state index contributed by atoms with van der Waals surface area (Å²) in [7, 11) is 1.66. The van der Waals surface area contributed by atoms with E-state index in [4.69, 9.17) is 19.7 Å². The SMILES string of the molecule is CCOc1ccc(C2C(=NNc3ccccc3)c3ccccc3C2=NNc2ccccc2)cc1OC. The molecule has 36 heavy (non-hydrogen) atoms. The van der Waals surface area contributed by atoms with Gasteiger partial charge in [0.2, 0.25) is 0 Å². The second kappa shape index (κ2) is 10.8. The van der Waals surface area contributed by atoms with E-state index in [0.29, 0.717) is 18.1 Å². The largest absolute Gasteiger partial charge is 0.493 e. The minimum absolute atomic E-state index is 0.223. The van der Waals surface area contributed by atoms with Gasteiger partial charge in [-0.3, -0.25) is 10.9 Å². The summed E-state index contributed by atoms with van der Waals surface area (Å²) in [6.45, 7) is 2.52. The van der Waals surface area contributed by atoms with Gasteiger partial charge < -0.3 is 9.47 Å². The fourth-order valence-corrected chi connectivity index (χ4v) is 4.35. The molecule has 5 rings (SSSR count). The van der Waals surface area contributed by atoms with E-state index in [2.05, 4.69) is 29.1 Å². The minimum atomic E-state index is -0.223. The van der Waals surface area contributed by atoms with E-state index in [1.807, 2.05) is 91.9 Å². The van der Waals surface area contributed by atoms with E-state index < -0.39 is 0 Å². The molecule has 0 aromatic heterocycles. The number of ether oxygens (including phenoxy) is 2. The van der Waals surface area contributed by atoms with Crippen molar-refractivity contribution < 1.29 is 9.47 Å². The third-order valence-corrected chi connectivity index (χ3v) is 6.01. The number of hydrazone groups is 2. The van der Waals surface area contributed by atoms with Crippen LogP contribution in [0.5, 0.6) is 11.5 Å². The molecule has 0 atom stereocenters. The molecule has 0 radical (unpaired) electrons. The zero-order valence-corrected chi connectivity index (χ0v) is 20.3. The monoisotopic (exact) mass is 476 g/mol. The van der Waals surface area contributed by atoms with Gasteiger partial charge in [-0.1, -0.05) is 66.7 Å². The van der Waals surface area contributed by atoms with Gasteiger partial charge in [0.05, 0.1) is 42.4 Å². The molecular formula is C30H28N4O2. The number of hydrogen-bond donors (Lipinski definition) is 2. The molecule has 0 unspecified atom stereocenters. The topological polar surface area (TPSA) is 67.2 Å². The van der Waals surface area contributed by atoms with Crippen molar-refractivity contribution in [3.8, 4) is 11.5 Å². The summed E-state index contributed by atoms with van der Waals surface area (Å²) in [5, 5.41) is 9.80. The molecule has 0 heterocycles. The number of nitrogens with zero attached hydrogens (tertiary/aromatic N) is 2. The summed E-state index contributed by atoms with van der Waals surface area (Å²) >= 11 is 0. The molecule has 4 aromatic rings. The molecule has 0 saturated heterocycles. The Balaban J connectivity index is 1.63. The molecule has 6 heteroatoms. The van der Waals surface area contributed by atoms with Gasteiger partial charge in [-0.15, -0.1) is 0 Å². The highest BCUT2D eigenvalue weighted by atomic mass is 16.5. The summed E-state index contributed by atoms with van der Waals surface area (Å²) in [5.74, 6) is 1.16. The van der Waals surface area contributed by atoms with E-state index in [1.165, 1.54) is 0 Å². The van der Waals surface area contributed by atoms with Crippen LogP contribution >= 0.6 is 0 Å². The molecule has 0 aliphatic heterocycles. The average Bonchev–Trinajstić information content (AvgIpc) is 3.25. The minimum Gasteiger partial charge on any atom is -0.493 e. The standard InChI is InChI=1S/C30H28N4O2/c1-3-36-26-19-18-21(20-27(26)35-2)28-29(33-31-22-12-6-4-7-13-22)24-16-10-11-17-25(24)30(28)34-32-23-14-8-5-9-15-23/h4-20,28,31-32H,3H2,1-2H3. The van der Waals surface area contributed by atoms with Crippen LogP contribution in [0.15, 0.2) is 113 Å². The van der Waals surface area contributed by atoms with Gasteiger partial charge in [0.1, 0.15) is 0 Å². The molecule has 0 amide bonds. The van der Waals surface area contributed by atoms with Gasteiger partial charge >= 0.3 is 0 Å². The van der Waals surface area contributed by atoms with Crippen LogP contribution in [0.3, 0.4) is 0 Å². The number of anilines is 2. The van der Waals surface area contributed by atoms with Crippen LogP contribution in [-0.4, -0.2) is 25.1 Å². The quantitative estimate of drug-likeness (QED) is 0.284. The second-order valence-corrected chi connectivity index (χ2v) is 8.27. The lowest BCUT2D eigenvalue weighted by Gasteiger charge is -2.17. The Morgan fingerprint density at radius 1 is 0.667 bits per heavy atom. The van der Waals surface area contributed by atoms with E-state index in [9.17, 15) is 0 Å². The number of para-hydroxylation sites is 2. The molecule has 4 aromatic carbocycles. The zero-order chi connectivity index (χ0) is 24.7. The lowest BCUT2D eigenvalue weighted by atomic mass is 9.92. The maximum atomic E-state index is 5.76. The van der Waals surface area contributed by atoms with Crippen LogP contribution in [0, 0.1) is 0 Å². The summed E-state index contributed by atoms with van der Waals surface area (Å²) in [6.07, 6.45) is 0. The Bertz CT molecular complexity index is 1310. The third kappa shape index (κ3) is 4.79. The number of benzene rings is 4. The number of fused-ring (bicyclic) bond motifs is 1. The lowest BCUT2D eigenvalue weighted by molar-refractivity contribution is 0.310. The van der Waals surface area contributed by atoms with Crippen molar-refractivity contribution in [3.05, 3.63) is 120 Å². The maximum absolute atomic E-state index is 5.76. The van der Waals surface area contributed by atoms with Crippen molar-refractivity contribution in [1.29, 1.82) is 0 Å². The second-order valence-electron chi connectivity index (χ2n) is 8.27. The molecule has 0 saturated carbocycles. The third-order valence-electron chi connectivity index (χ3n) is 6.01. The predicted molar refractivity (Wildman–Crippen MR) is 147 cm³/mol. The summed E-state index contributed by atoms with van der Waals surface area (Å²) in [4.78, 5) is 0. The summed E-state index contributed by atoms with van der Waals surface area (Å²) < 4.78 is 11.4. The van der Waals surface area contributed by atoms with Crippen LogP contribution in [0.1, 0.15) is 29.5 Å². The van der Waals surface area contributed by atoms with E-state index in [0.717, 1.165) is 39.5 Å². The number of hydrogen-bond acceptors (Lipinski definition) is 6. The number of methoxy groups -OCH3 is 1. The van der Waals surface area contributed by atoms with Crippen molar-refractivity contribution in [2.24, 2.45) is 10.2 Å². The van der Waals surface area contributed by atoms with Gasteiger partial charge in [-0.05, 0) is 48.9 Å². The molecule has 0 fully saturated rings. The highest BCUT2D eigenvalue weighted by molar-refractivity contribution is 6.33. The normalized spacial score (nSPS) is 16.6. The molecule has 2 N–H and O–H groups in total. The van der Waals surface area contributed by atoms with Gasteiger partial charge in [0.15, 0.2) is 11.5 Å².